The Morgan fingerprint density at radius 1 is 0.789 bits per heavy atom. The van der Waals surface area contributed by atoms with Crippen molar-refractivity contribution in [2.75, 3.05) is 32.8 Å². The second-order valence-corrected chi connectivity index (χ2v) is 7.05. The second-order valence-electron chi connectivity index (χ2n) is 6.78. The SMILES string of the molecule is CCOC(=O)C1=C(CC)C(C(=O)OC)=[C-]C1.CCOC(=O)CC(=O)CC.CCOC(=O)CC(=O)CCl.[Na+].[OH-]. The summed E-state index contributed by atoms with van der Waals surface area (Å²) in [5.74, 6) is -2.25. The predicted molar refractivity (Wildman–Crippen MR) is 133 cm³/mol. The van der Waals surface area contributed by atoms with Crippen LogP contribution in [0.15, 0.2) is 16.7 Å². The van der Waals surface area contributed by atoms with Crippen molar-refractivity contribution >= 4 is 47.0 Å². The molecule has 0 aromatic carbocycles. The van der Waals surface area contributed by atoms with Crippen LogP contribution in [0, 0.1) is 6.08 Å². The van der Waals surface area contributed by atoms with Crippen molar-refractivity contribution in [3.8, 4) is 0 Å². The van der Waals surface area contributed by atoms with E-state index in [9.17, 15) is 28.8 Å². The van der Waals surface area contributed by atoms with Crippen molar-refractivity contribution in [3.63, 3.8) is 0 Å². The molecule has 11 nitrogen and oxygen atoms in total. The summed E-state index contributed by atoms with van der Waals surface area (Å²) in [6.45, 7) is 9.72. The Hall–Kier alpha value is -2.05. The molecule has 38 heavy (non-hydrogen) atoms. The van der Waals surface area contributed by atoms with Crippen molar-refractivity contribution < 1.29 is 82.7 Å². The molecular weight excluding hydrogens is 535 g/mol. The molecule has 1 rings (SSSR count). The zero-order chi connectivity index (χ0) is 28.1. The van der Waals surface area contributed by atoms with E-state index in [4.69, 9.17) is 16.3 Å². The maximum atomic E-state index is 11.6. The number of carbonyl (C=O) groups excluding carboxylic acids is 6. The third-order valence-corrected chi connectivity index (χ3v) is 4.51. The van der Waals surface area contributed by atoms with Gasteiger partial charge in [0.05, 0.1) is 32.8 Å². The Morgan fingerprint density at radius 3 is 1.63 bits per heavy atom. The monoisotopic (exact) mass is 571 g/mol. The van der Waals surface area contributed by atoms with Crippen molar-refractivity contribution in [2.45, 2.75) is 66.7 Å². The second kappa shape index (κ2) is 26.6. The summed E-state index contributed by atoms with van der Waals surface area (Å²) in [4.78, 5) is 65.1. The number of carbonyl (C=O) groups is 6. The molecule has 1 aliphatic carbocycles. The van der Waals surface area contributed by atoms with E-state index in [0.29, 0.717) is 55.8 Å². The van der Waals surface area contributed by atoms with Crippen molar-refractivity contribution in [1.29, 1.82) is 0 Å². The van der Waals surface area contributed by atoms with Crippen LogP contribution in [-0.2, 0) is 47.7 Å². The number of allylic oxidation sites excluding steroid dienone is 1. The van der Waals surface area contributed by atoms with Gasteiger partial charge in [0.25, 0.3) is 0 Å². The molecule has 0 aromatic rings. The van der Waals surface area contributed by atoms with E-state index >= 15 is 0 Å². The minimum atomic E-state index is -0.506. The first-order chi connectivity index (χ1) is 17.1. The maximum Gasteiger partial charge on any atom is 1.00 e. The van der Waals surface area contributed by atoms with Crippen LogP contribution >= 0.6 is 11.6 Å². The van der Waals surface area contributed by atoms with Crippen LogP contribution in [0.3, 0.4) is 0 Å². The first kappa shape index (κ1) is 43.0. The fraction of sp³-hybridized carbons (Fsp3) is 0.600. The van der Waals surface area contributed by atoms with E-state index in [1.807, 2.05) is 6.92 Å². The van der Waals surface area contributed by atoms with E-state index in [-0.39, 0.29) is 71.3 Å². The van der Waals surface area contributed by atoms with Gasteiger partial charge >= 0.3 is 47.5 Å². The van der Waals surface area contributed by atoms with E-state index < -0.39 is 17.9 Å². The Labute approximate surface area is 251 Å². The molecule has 0 aromatic heterocycles. The Bertz CT molecular complexity index is 803. The molecule has 0 unspecified atom stereocenters. The van der Waals surface area contributed by atoms with Crippen molar-refractivity contribution in [2.24, 2.45) is 0 Å². The number of rotatable bonds is 12. The fourth-order valence-electron chi connectivity index (χ4n) is 2.56. The van der Waals surface area contributed by atoms with Crippen LogP contribution in [0.2, 0.25) is 0 Å². The van der Waals surface area contributed by atoms with E-state index in [1.54, 1.807) is 27.7 Å². The first-order valence-corrected chi connectivity index (χ1v) is 12.1. The molecule has 0 saturated heterocycles. The summed E-state index contributed by atoms with van der Waals surface area (Å²) in [5, 5.41) is 0. The minimum absolute atomic E-state index is 0. The molecule has 0 radical (unpaired) electrons. The quantitative estimate of drug-likeness (QED) is 0.0774. The zero-order valence-corrected chi connectivity index (χ0v) is 26.0. The summed E-state index contributed by atoms with van der Waals surface area (Å²) < 4.78 is 18.6. The van der Waals surface area contributed by atoms with Crippen LogP contribution in [-0.4, -0.2) is 73.7 Å². The average molecular weight is 572 g/mol. The molecule has 0 fully saturated rings. The van der Waals surface area contributed by atoms with Gasteiger partial charge in [-0.05, 0) is 26.3 Å². The van der Waals surface area contributed by atoms with Gasteiger partial charge < -0.3 is 29.2 Å². The van der Waals surface area contributed by atoms with Crippen LogP contribution in [0.1, 0.15) is 66.7 Å². The van der Waals surface area contributed by atoms with Crippen LogP contribution in [0.5, 0.6) is 0 Å². The number of halogens is 1. The number of esters is 4. The van der Waals surface area contributed by atoms with E-state index in [2.05, 4.69) is 20.3 Å². The molecule has 0 amide bonds. The van der Waals surface area contributed by atoms with E-state index in [1.165, 1.54) is 7.11 Å². The molecule has 1 N–H and O–H groups in total. The smallest absolute Gasteiger partial charge is 0.870 e. The van der Waals surface area contributed by atoms with Gasteiger partial charge in [-0.1, -0.05) is 26.7 Å². The molecule has 0 spiro atoms. The van der Waals surface area contributed by atoms with Crippen LogP contribution in [0.4, 0.5) is 0 Å². The maximum absolute atomic E-state index is 11.6. The third kappa shape index (κ3) is 19.1. The number of ether oxygens (including phenoxy) is 4. The topological polar surface area (TPSA) is 169 Å². The molecule has 0 aliphatic heterocycles. The van der Waals surface area contributed by atoms with E-state index in [0.717, 1.165) is 0 Å². The van der Waals surface area contributed by atoms with Gasteiger partial charge in [-0.2, -0.15) is 6.08 Å². The molecule has 13 heteroatoms. The molecule has 0 bridgehead atoms. The standard InChI is InChI=1S/C12H15O4.C7H12O3.C6H9ClO3.Na.H2O/c1-4-8-9(11(13)15-3)6-7-10(8)12(14)16-5-2;1-3-6(8)5-7(9)10-4-2;1-2-10-6(9)3-5(8)4-7;;/h4-5,7H2,1-3H3;3-5H2,1-2H3;2-4H2,1H3;;1H2/q-1;;;+1;/p-1. The third-order valence-electron chi connectivity index (χ3n) is 4.21. The summed E-state index contributed by atoms with van der Waals surface area (Å²) in [7, 11) is 1.31. The Kier molecular flexibility index (Phi) is 30.1. The minimum Gasteiger partial charge on any atom is -0.870 e. The average Bonchev–Trinajstić information content (AvgIpc) is 3.29. The van der Waals surface area contributed by atoms with Gasteiger partial charge in [0.15, 0.2) is 5.78 Å². The summed E-state index contributed by atoms with van der Waals surface area (Å²) in [5.41, 5.74) is 1.57. The van der Waals surface area contributed by atoms with Crippen molar-refractivity contribution in [3.05, 3.63) is 22.8 Å². The van der Waals surface area contributed by atoms with Gasteiger partial charge in [-0.15, -0.1) is 22.7 Å². The molecule has 0 atom stereocenters. The zero-order valence-electron chi connectivity index (χ0n) is 23.3. The molecular formula is C25H37ClNaO11-. The van der Waals surface area contributed by atoms with Gasteiger partial charge in [-0.25, -0.2) is 4.79 Å². The number of alkyl halides is 1. The van der Waals surface area contributed by atoms with Gasteiger partial charge in [0, 0.05) is 6.42 Å². The molecule has 0 saturated carbocycles. The molecule has 1 aliphatic rings. The Morgan fingerprint density at radius 2 is 1.26 bits per heavy atom. The summed E-state index contributed by atoms with van der Waals surface area (Å²) in [6, 6.07) is 0. The number of hydrogen-bond donors (Lipinski definition) is 0. The van der Waals surface area contributed by atoms with Crippen LogP contribution in [0.25, 0.3) is 0 Å². The van der Waals surface area contributed by atoms with Gasteiger partial charge in [0.2, 0.25) is 5.97 Å². The summed E-state index contributed by atoms with van der Waals surface area (Å²) >= 11 is 5.14. The number of ketones is 2. The number of Topliss-reactive ketones (excluding diaryl/α,β-unsaturated/α-hetero) is 2. The number of hydrogen-bond acceptors (Lipinski definition) is 11. The van der Waals surface area contributed by atoms with Gasteiger partial charge in [0.1, 0.15) is 18.6 Å². The van der Waals surface area contributed by atoms with Gasteiger partial charge in [-0.3, -0.25) is 19.2 Å². The normalized spacial score (nSPS) is 11.0. The predicted octanol–water partition coefficient (Wildman–Crippen LogP) is 0.0558. The Balaban J connectivity index is -0.000000233. The van der Waals surface area contributed by atoms with Crippen molar-refractivity contribution in [1.82, 2.24) is 0 Å². The molecule has 0 heterocycles. The molecule has 212 valence electrons. The van der Waals surface area contributed by atoms with Crippen LogP contribution < -0.4 is 29.6 Å². The fourth-order valence-corrected chi connectivity index (χ4v) is 2.65. The summed E-state index contributed by atoms with van der Waals surface area (Å²) in [6.07, 6.45) is 3.89. The largest absolute Gasteiger partial charge is 1.00 e. The first-order valence-electron chi connectivity index (χ1n) is 11.6. The number of methoxy groups -OCH3 is 1.